The molecular weight excluding hydrogens is 976 g/mol. The van der Waals surface area contributed by atoms with Crippen molar-refractivity contribution in [1.29, 1.82) is 0 Å². The third kappa shape index (κ3) is 10.2. The summed E-state index contributed by atoms with van der Waals surface area (Å²) in [6.45, 7) is 20.3. The second-order valence-electron chi connectivity index (χ2n) is 18.6. The van der Waals surface area contributed by atoms with Crippen molar-refractivity contribution in [2.75, 3.05) is 18.0 Å². The number of benzene rings is 5. The number of aliphatic carboxylic acids is 2. The van der Waals surface area contributed by atoms with Gasteiger partial charge in [0.15, 0.2) is 18.5 Å². The Bertz CT molecular complexity index is 2850. The van der Waals surface area contributed by atoms with E-state index in [1.807, 2.05) is 42.5 Å². The van der Waals surface area contributed by atoms with Crippen molar-refractivity contribution >= 4 is 58.5 Å². The van der Waals surface area contributed by atoms with Crippen LogP contribution in [-0.2, 0) is 25.8 Å². The minimum absolute atomic E-state index is 0. The maximum absolute atomic E-state index is 11.3. The number of nitro benzene ring substituents is 1. The molecule has 13 nitrogen and oxygen atoms in total. The van der Waals surface area contributed by atoms with E-state index in [9.17, 15) is 29.6 Å². The van der Waals surface area contributed by atoms with Crippen LogP contribution in [0.3, 0.4) is 0 Å². The van der Waals surface area contributed by atoms with Crippen molar-refractivity contribution in [3.63, 3.8) is 0 Å². The molecule has 4 aliphatic rings. The maximum Gasteiger partial charge on any atom is 0.309 e. The number of carbonyl (C=O) groups is 3. The molecule has 5 aromatic carbocycles. The zero-order chi connectivity index (χ0) is 49.1. The molecule has 0 saturated carbocycles. The number of halogens is 1. The van der Waals surface area contributed by atoms with Crippen LogP contribution in [0.2, 0.25) is 0 Å². The minimum Gasteiger partial charge on any atom is -1.00 e. The average Bonchev–Trinajstić information content (AvgIpc) is 3.72. The van der Waals surface area contributed by atoms with Crippen molar-refractivity contribution in [3.05, 3.63) is 159 Å². The number of anilines is 1. The Morgan fingerprint density at radius 2 is 1.41 bits per heavy atom. The van der Waals surface area contributed by atoms with Crippen LogP contribution in [0.5, 0.6) is 11.5 Å². The van der Waals surface area contributed by atoms with Gasteiger partial charge in [0.2, 0.25) is 11.4 Å². The fourth-order valence-corrected chi connectivity index (χ4v) is 9.03. The Kier molecular flexibility index (Phi) is 15.9. The number of phenolic OH excluding ortho intramolecular Hbond substituents is 1. The highest BCUT2D eigenvalue weighted by Crippen LogP contribution is 2.55. The summed E-state index contributed by atoms with van der Waals surface area (Å²) in [6.07, 6.45) is 4.79. The zero-order valence-electron chi connectivity index (χ0n) is 39.9. The van der Waals surface area contributed by atoms with Gasteiger partial charge in [-0.25, -0.2) is 0 Å². The molecule has 68 heavy (non-hydrogen) atoms. The van der Waals surface area contributed by atoms with E-state index < -0.39 is 22.6 Å². The molecule has 0 fully saturated rings. The van der Waals surface area contributed by atoms with Gasteiger partial charge in [-0.3, -0.25) is 29.5 Å². The van der Waals surface area contributed by atoms with E-state index >= 15 is 0 Å². The fraction of sp³-hybridized carbons (Fsp3) is 0.315. The van der Waals surface area contributed by atoms with Gasteiger partial charge in [-0.1, -0.05) is 80.1 Å². The SMILES string of the molecule is CC1=Nc2ccccc2C1(C)C.CC1=[N+](CCC(=O)O)c2ccccc2C1(C)C.Cc1ccc2c(c1)C=C[C@]1(O2)N(CCC(=O)O)c2ccccc2C1(C)C.O=Cc1cc([N+](=O)[O-])ccc1O.[I-]. The summed E-state index contributed by atoms with van der Waals surface area (Å²) in [6, 6.07) is 34.2. The number of nitro groups is 1. The Morgan fingerprint density at radius 1 is 0.794 bits per heavy atom. The van der Waals surface area contributed by atoms with Crippen molar-refractivity contribution < 1.29 is 67.9 Å². The second-order valence-corrected chi connectivity index (χ2v) is 18.6. The van der Waals surface area contributed by atoms with Crippen LogP contribution < -0.4 is 33.6 Å². The van der Waals surface area contributed by atoms with E-state index in [1.165, 1.54) is 33.7 Å². The number of para-hydroxylation sites is 3. The van der Waals surface area contributed by atoms with Crippen LogP contribution in [0.25, 0.3) is 6.08 Å². The number of hydrogen-bond donors (Lipinski definition) is 3. The summed E-state index contributed by atoms with van der Waals surface area (Å²) in [5.41, 5.74) is 10.6. The quantitative estimate of drug-likeness (QED) is 0.0452. The Morgan fingerprint density at radius 3 is 2.04 bits per heavy atom. The standard InChI is InChI=1S/C22H23NO3.C14H17NO2.C11H13N.C7H5NO4.HI/c1-15-8-9-19-16(14-15)10-12-22(26-19)21(2,3)17-6-4-5-7-18(17)23(22)13-11-20(24)25;1-10-14(2,3)11-6-4-5-7-12(11)15(10)9-8-13(16)17;1-8-11(2,3)9-6-4-5-7-10(9)12-8;9-4-5-3-6(8(11)12)1-2-7(5)10;/h4-10,12,14H,11,13H2,1-3H3,(H,24,25);4-7H,8-9H2,1-3H3;4-7H,1-3H3;1-4,10H;1H/t22-;;;;/m1..../s1. The van der Waals surface area contributed by atoms with Crippen LogP contribution in [0.4, 0.5) is 22.7 Å². The van der Waals surface area contributed by atoms with Gasteiger partial charge in [0.1, 0.15) is 17.9 Å². The van der Waals surface area contributed by atoms with E-state index in [2.05, 4.69) is 137 Å². The molecule has 4 heterocycles. The Labute approximate surface area is 414 Å². The van der Waals surface area contributed by atoms with E-state index in [0.717, 1.165) is 46.6 Å². The minimum atomic E-state index is -0.807. The Balaban J connectivity index is 0.000000179. The normalized spacial score (nSPS) is 17.7. The number of ether oxygens (including phenoxy) is 1. The lowest BCUT2D eigenvalue weighted by molar-refractivity contribution is -0.438. The molecule has 0 bridgehead atoms. The first-order chi connectivity index (χ1) is 31.6. The summed E-state index contributed by atoms with van der Waals surface area (Å²) < 4.78 is 8.75. The van der Waals surface area contributed by atoms with E-state index in [4.69, 9.17) is 14.9 Å². The van der Waals surface area contributed by atoms with Gasteiger partial charge < -0.3 is 48.9 Å². The number of fused-ring (bicyclic) bond motifs is 4. The number of rotatable bonds is 8. The molecular formula is C54H59IN4O9. The number of carboxylic acids is 2. The van der Waals surface area contributed by atoms with Gasteiger partial charge >= 0.3 is 11.9 Å². The average molecular weight is 1030 g/mol. The number of phenols is 1. The predicted octanol–water partition coefficient (Wildman–Crippen LogP) is 8.11. The molecule has 0 radical (unpaired) electrons. The second kappa shape index (κ2) is 20.7. The predicted molar refractivity (Wildman–Crippen MR) is 262 cm³/mol. The topological polar surface area (TPSA) is 183 Å². The molecule has 3 N–H and O–H groups in total. The fourth-order valence-electron chi connectivity index (χ4n) is 9.03. The van der Waals surface area contributed by atoms with Crippen molar-refractivity contribution in [3.8, 4) is 11.5 Å². The lowest BCUT2D eigenvalue weighted by Crippen LogP contribution is -3.00. The third-order valence-corrected chi connectivity index (χ3v) is 13.5. The van der Waals surface area contributed by atoms with Crippen molar-refractivity contribution in [2.24, 2.45) is 4.99 Å². The molecule has 1 atom stereocenters. The van der Waals surface area contributed by atoms with Gasteiger partial charge in [0, 0.05) is 59.6 Å². The molecule has 4 aliphatic heterocycles. The highest BCUT2D eigenvalue weighted by Gasteiger charge is 2.58. The molecule has 356 valence electrons. The number of hydrogen-bond acceptors (Lipinski definition) is 9. The monoisotopic (exact) mass is 1030 g/mol. The molecule has 1 spiro atoms. The maximum atomic E-state index is 11.3. The molecule has 0 saturated heterocycles. The molecule has 0 aromatic heterocycles. The number of carboxylic acid groups (broad SMARTS) is 2. The van der Waals surface area contributed by atoms with Crippen molar-refractivity contribution in [2.45, 2.75) is 97.1 Å². The van der Waals surface area contributed by atoms with Gasteiger partial charge in [0.05, 0.1) is 33.4 Å². The Hall–Kier alpha value is -6.68. The van der Waals surface area contributed by atoms with Crippen LogP contribution >= 0.6 is 0 Å². The molecule has 0 aliphatic carbocycles. The zero-order valence-corrected chi connectivity index (χ0v) is 42.1. The molecule has 0 unspecified atom stereocenters. The number of aromatic hydroxyl groups is 1. The highest BCUT2D eigenvalue weighted by molar-refractivity contribution is 5.99. The van der Waals surface area contributed by atoms with Crippen LogP contribution in [0.1, 0.15) is 106 Å². The first kappa shape index (κ1) is 52.3. The van der Waals surface area contributed by atoms with Gasteiger partial charge in [-0.05, 0) is 95.2 Å². The number of aldehydes is 1. The first-order valence-electron chi connectivity index (χ1n) is 22.2. The number of nitrogens with zero attached hydrogens (tertiary/aromatic N) is 4. The lowest BCUT2D eigenvalue weighted by Gasteiger charge is -2.47. The van der Waals surface area contributed by atoms with Crippen LogP contribution in [0.15, 0.2) is 120 Å². The van der Waals surface area contributed by atoms with Gasteiger partial charge in [-0.15, -0.1) is 0 Å². The first-order valence-corrected chi connectivity index (χ1v) is 22.2. The molecule has 9 rings (SSSR count). The summed E-state index contributed by atoms with van der Waals surface area (Å²) in [4.78, 5) is 48.4. The molecule has 5 aromatic rings. The number of aliphatic imine (C=N–C) groups is 1. The highest BCUT2D eigenvalue weighted by atomic mass is 127. The van der Waals surface area contributed by atoms with Gasteiger partial charge in [-0.2, -0.15) is 4.58 Å². The van der Waals surface area contributed by atoms with E-state index in [0.29, 0.717) is 19.4 Å². The summed E-state index contributed by atoms with van der Waals surface area (Å²) in [5.74, 6) is -0.979. The smallest absolute Gasteiger partial charge is 0.309 e. The third-order valence-electron chi connectivity index (χ3n) is 13.5. The number of carbonyl (C=O) groups excluding carboxylic acids is 1. The van der Waals surface area contributed by atoms with Crippen LogP contribution in [-0.4, -0.2) is 73.3 Å². The van der Waals surface area contributed by atoms with E-state index in [-0.39, 0.29) is 70.1 Å². The number of non-ortho nitro benzene ring substituents is 1. The van der Waals surface area contributed by atoms with Gasteiger partial charge in [0.25, 0.3) is 5.69 Å². The summed E-state index contributed by atoms with van der Waals surface area (Å²) >= 11 is 0. The molecule has 14 heteroatoms. The molecule has 0 amide bonds. The lowest BCUT2D eigenvalue weighted by atomic mass is 9.76. The van der Waals surface area contributed by atoms with E-state index in [1.54, 1.807) is 0 Å². The van der Waals surface area contributed by atoms with Crippen molar-refractivity contribution in [1.82, 2.24) is 0 Å². The summed E-state index contributed by atoms with van der Waals surface area (Å²) in [5, 5.41) is 37.2. The van der Waals surface area contributed by atoms with Crippen LogP contribution in [0, 0.1) is 17.0 Å². The number of aryl methyl sites for hydroxylation is 1. The largest absolute Gasteiger partial charge is 1.00 e. The summed E-state index contributed by atoms with van der Waals surface area (Å²) in [7, 11) is 0.